The number of hydrogen-bond acceptors (Lipinski definition) is 2. The van der Waals surface area contributed by atoms with Crippen molar-refractivity contribution in [3.63, 3.8) is 0 Å². The van der Waals surface area contributed by atoms with E-state index in [2.05, 4.69) is 28.9 Å². The Morgan fingerprint density at radius 1 is 1.08 bits per heavy atom. The molecule has 0 saturated carbocycles. The molecule has 0 radical (unpaired) electrons. The molecule has 2 atom stereocenters. The molecule has 1 aromatic carbocycles. The number of rotatable bonds is 4. The molecule has 2 unspecified atom stereocenters. The molecule has 2 aliphatic heterocycles. The molecular formula is C20H29ClN2O. The Hall–Kier alpha value is -1.06. The van der Waals surface area contributed by atoms with Gasteiger partial charge in [-0.25, -0.2) is 0 Å². The lowest BCUT2D eigenvalue weighted by Crippen LogP contribution is -2.54. The van der Waals surface area contributed by atoms with Crippen LogP contribution in [0.3, 0.4) is 0 Å². The summed E-state index contributed by atoms with van der Waals surface area (Å²) in [5.41, 5.74) is 1.24. The number of benzene rings is 1. The van der Waals surface area contributed by atoms with E-state index in [4.69, 9.17) is 11.6 Å². The van der Waals surface area contributed by atoms with Crippen LogP contribution in [0.25, 0.3) is 0 Å². The highest BCUT2D eigenvalue weighted by Crippen LogP contribution is 2.26. The van der Waals surface area contributed by atoms with Gasteiger partial charge in [0, 0.05) is 24.2 Å². The zero-order chi connectivity index (χ0) is 16.9. The average molecular weight is 349 g/mol. The summed E-state index contributed by atoms with van der Waals surface area (Å²) in [4.78, 5) is 17.8. The lowest BCUT2D eigenvalue weighted by atomic mass is 9.95. The Morgan fingerprint density at radius 3 is 2.54 bits per heavy atom. The van der Waals surface area contributed by atoms with Crippen LogP contribution in [0.5, 0.6) is 0 Å². The number of carbonyl (C=O) groups excluding carboxylic acids is 1. The summed E-state index contributed by atoms with van der Waals surface area (Å²) in [6.07, 6.45) is 8.03. The Balaban J connectivity index is 1.71. The number of carbonyl (C=O) groups is 1. The normalized spacial score (nSPS) is 25.7. The number of amides is 1. The maximum atomic E-state index is 13.2. The van der Waals surface area contributed by atoms with Crippen molar-refractivity contribution in [1.82, 2.24) is 9.80 Å². The summed E-state index contributed by atoms with van der Waals surface area (Å²) >= 11 is 5.99. The molecule has 0 spiro atoms. The number of likely N-dealkylation sites (tertiary alicyclic amines) is 2. The predicted molar refractivity (Wildman–Crippen MR) is 99.1 cm³/mol. The van der Waals surface area contributed by atoms with Gasteiger partial charge in [0.25, 0.3) is 0 Å². The third kappa shape index (κ3) is 4.12. The van der Waals surface area contributed by atoms with Gasteiger partial charge in [-0.05, 0) is 62.8 Å². The molecule has 2 saturated heterocycles. The van der Waals surface area contributed by atoms with Crippen LogP contribution in [0.2, 0.25) is 5.02 Å². The minimum atomic E-state index is 0.0570. The van der Waals surface area contributed by atoms with E-state index in [0.29, 0.717) is 11.9 Å². The van der Waals surface area contributed by atoms with Gasteiger partial charge in [-0.15, -0.1) is 0 Å². The zero-order valence-electron chi connectivity index (χ0n) is 14.7. The molecular weight excluding hydrogens is 320 g/mol. The third-order valence-electron chi connectivity index (χ3n) is 5.58. The lowest BCUT2D eigenvalue weighted by molar-refractivity contribution is -0.142. The predicted octanol–water partition coefficient (Wildman–Crippen LogP) is 4.49. The molecule has 4 heteroatoms. The first-order chi connectivity index (χ1) is 11.7. The van der Waals surface area contributed by atoms with Crippen molar-refractivity contribution in [3.05, 3.63) is 34.9 Å². The van der Waals surface area contributed by atoms with Gasteiger partial charge in [0.1, 0.15) is 0 Å². The Labute approximate surface area is 151 Å². The molecule has 0 aliphatic carbocycles. The maximum absolute atomic E-state index is 13.2. The summed E-state index contributed by atoms with van der Waals surface area (Å²) < 4.78 is 0. The van der Waals surface area contributed by atoms with Gasteiger partial charge in [0.05, 0.1) is 6.04 Å². The topological polar surface area (TPSA) is 23.6 Å². The average Bonchev–Trinajstić information content (AvgIpc) is 2.63. The molecule has 1 aromatic rings. The fourth-order valence-corrected chi connectivity index (χ4v) is 4.32. The highest BCUT2D eigenvalue weighted by Gasteiger charge is 2.35. The van der Waals surface area contributed by atoms with Gasteiger partial charge >= 0.3 is 0 Å². The molecule has 0 aromatic heterocycles. The van der Waals surface area contributed by atoms with E-state index in [1.807, 2.05) is 12.1 Å². The van der Waals surface area contributed by atoms with E-state index in [-0.39, 0.29) is 6.04 Å². The molecule has 0 bridgehead atoms. The SMILES string of the molecule is CCC1CCCCN1C(=O)C1CCCCN1Cc1ccc(Cl)cc1. The fraction of sp³-hybridized carbons (Fsp3) is 0.650. The molecule has 132 valence electrons. The first-order valence-corrected chi connectivity index (χ1v) is 9.86. The van der Waals surface area contributed by atoms with Crippen molar-refractivity contribution in [3.8, 4) is 0 Å². The van der Waals surface area contributed by atoms with Crippen LogP contribution in [0.4, 0.5) is 0 Å². The second-order valence-corrected chi connectivity index (χ2v) is 7.63. The first kappa shape index (κ1) is 17.8. The minimum Gasteiger partial charge on any atom is -0.338 e. The van der Waals surface area contributed by atoms with Crippen molar-refractivity contribution in [1.29, 1.82) is 0 Å². The van der Waals surface area contributed by atoms with E-state index in [9.17, 15) is 4.79 Å². The standard InChI is InChI=1S/C20H29ClN2O/c1-2-18-7-3-6-14-23(18)20(24)19-8-4-5-13-22(19)15-16-9-11-17(21)12-10-16/h9-12,18-19H,2-8,13-15H2,1H3. The van der Waals surface area contributed by atoms with E-state index in [0.717, 1.165) is 50.3 Å². The monoisotopic (exact) mass is 348 g/mol. The van der Waals surface area contributed by atoms with Crippen LogP contribution < -0.4 is 0 Å². The summed E-state index contributed by atoms with van der Waals surface area (Å²) in [5, 5.41) is 0.768. The van der Waals surface area contributed by atoms with Crippen molar-refractivity contribution < 1.29 is 4.79 Å². The number of piperidine rings is 2. The highest BCUT2D eigenvalue weighted by atomic mass is 35.5. The van der Waals surface area contributed by atoms with Crippen LogP contribution in [0.15, 0.2) is 24.3 Å². The quantitative estimate of drug-likeness (QED) is 0.800. The van der Waals surface area contributed by atoms with E-state index in [1.165, 1.54) is 24.8 Å². The zero-order valence-corrected chi connectivity index (χ0v) is 15.5. The fourth-order valence-electron chi connectivity index (χ4n) is 4.19. The van der Waals surface area contributed by atoms with Crippen LogP contribution in [-0.2, 0) is 11.3 Å². The minimum absolute atomic E-state index is 0.0570. The smallest absolute Gasteiger partial charge is 0.240 e. The molecule has 3 rings (SSSR count). The second kappa shape index (κ2) is 8.35. The summed E-state index contributed by atoms with van der Waals surface area (Å²) in [7, 11) is 0. The molecule has 2 heterocycles. The second-order valence-electron chi connectivity index (χ2n) is 7.20. The molecule has 1 amide bonds. The van der Waals surface area contributed by atoms with Gasteiger partial charge < -0.3 is 4.90 Å². The van der Waals surface area contributed by atoms with Crippen LogP contribution in [0, 0.1) is 0 Å². The summed E-state index contributed by atoms with van der Waals surface area (Å²) in [6, 6.07) is 8.54. The maximum Gasteiger partial charge on any atom is 0.240 e. The Morgan fingerprint density at radius 2 is 1.79 bits per heavy atom. The number of halogens is 1. The van der Waals surface area contributed by atoms with Crippen molar-refractivity contribution in [2.75, 3.05) is 13.1 Å². The van der Waals surface area contributed by atoms with E-state index >= 15 is 0 Å². The molecule has 3 nitrogen and oxygen atoms in total. The van der Waals surface area contributed by atoms with Crippen LogP contribution >= 0.6 is 11.6 Å². The largest absolute Gasteiger partial charge is 0.338 e. The van der Waals surface area contributed by atoms with Gasteiger partial charge in [-0.1, -0.05) is 37.1 Å². The number of hydrogen-bond donors (Lipinski definition) is 0. The number of nitrogens with zero attached hydrogens (tertiary/aromatic N) is 2. The Bertz CT molecular complexity index is 545. The van der Waals surface area contributed by atoms with Gasteiger partial charge in [-0.2, -0.15) is 0 Å². The van der Waals surface area contributed by atoms with Crippen LogP contribution in [0.1, 0.15) is 57.4 Å². The van der Waals surface area contributed by atoms with Gasteiger partial charge in [0.15, 0.2) is 0 Å². The first-order valence-electron chi connectivity index (χ1n) is 9.48. The van der Waals surface area contributed by atoms with Crippen LogP contribution in [-0.4, -0.2) is 40.9 Å². The summed E-state index contributed by atoms with van der Waals surface area (Å²) in [6.45, 7) is 5.02. The molecule has 24 heavy (non-hydrogen) atoms. The van der Waals surface area contributed by atoms with Gasteiger partial charge in [0.2, 0.25) is 5.91 Å². The van der Waals surface area contributed by atoms with Crippen molar-refractivity contribution in [2.24, 2.45) is 0 Å². The molecule has 0 N–H and O–H groups in total. The highest BCUT2D eigenvalue weighted by molar-refractivity contribution is 6.30. The molecule has 2 aliphatic rings. The van der Waals surface area contributed by atoms with E-state index < -0.39 is 0 Å². The van der Waals surface area contributed by atoms with Crippen molar-refractivity contribution in [2.45, 2.75) is 70.5 Å². The van der Waals surface area contributed by atoms with Gasteiger partial charge in [-0.3, -0.25) is 9.69 Å². The molecule has 2 fully saturated rings. The Kier molecular flexibility index (Phi) is 6.18. The van der Waals surface area contributed by atoms with Crippen molar-refractivity contribution >= 4 is 17.5 Å². The third-order valence-corrected chi connectivity index (χ3v) is 5.83. The summed E-state index contributed by atoms with van der Waals surface area (Å²) in [5.74, 6) is 0.371. The lowest BCUT2D eigenvalue weighted by Gasteiger charge is -2.42. The van der Waals surface area contributed by atoms with E-state index in [1.54, 1.807) is 0 Å².